The second-order valence-corrected chi connectivity index (χ2v) is 6.62. The molecule has 2 amide bonds. The fourth-order valence-corrected chi connectivity index (χ4v) is 3.71. The maximum atomic E-state index is 12.4. The van der Waals surface area contributed by atoms with Crippen molar-refractivity contribution in [1.82, 2.24) is 4.90 Å². The zero-order chi connectivity index (χ0) is 17.0. The first-order valence-electron chi connectivity index (χ1n) is 7.86. The summed E-state index contributed by atoms with van der Waals surface area (Å²) in [5.41, 5.74) is 2.98. The summed E-state index contributed by atoms with van der Waals surface area (Å²) < 4.78 is 0. The lowest BCUT2D eigenvalue weighted by atomic mass is 10.1. The van der Waals surface area contributed by atoms with Crippen molar-refractivity contribution in [2.75, 3.05) is 18.4 Å². The van der Waals surface area contributed by atoms with E-state index in [1.807, 2.05) is 45.9 Å². The summed E-state index contributed by atoms with van der Waals surface area (Å²) in [6.07, 6.45) is 0.163. The molecule has 23 heavy (non-hydrogen) atoms. The molecule has 0 unspecified atom stereocenters. The van der Waals surface area contributed by atoms with Crippen LogP contribution in [0.15, 0.2) is 23.2 Å². The third-order valence-corrected chi connectivity index (χ3v) is 5.09. The third kappa shape index (κ3) is 3.93. The second kappa shape index (κ2) is 7.64. The number of thioether (sulfide) groups is 1. The van der Waals surface area contributed by atoms with Gasteiger partial charge in [-0.3, -0.25) is 19.5 Å². The van der Waals surface area contributed by atoms with Gasteiger partial charge in [0.05, 0.1) is 0 Å². The van der Waals surface area contributed by atoms with Crippen molar-refractivity contribution in [3.8, 4) is 0 Å². The molecule has 0 aliphatic carbocycles. The molecule has 2 rings (SSSR count). The Morgan fingerprint density at radius 2 is 2.09 bits per heavy atom. The monoisotopic (exact) mass is 333 g/mol. The number of nitrogens with zero attached hydrogens (tertiary/aromatic N) is 2. The second-order valence-electron chi connectivity index (χ2n) is 5.45. The summed E-state index contributed by atoms with van der Waals surface area (Å²) in [4.78, 5) is 30.7. The van der Waals surface area contributed by atoms with Gasteiger partial charge in [-0.05, 0) is 44.9 Å². The van der Waals surface area contributed by atoms with Crippen molar-refractivity contribution in [2.24, 2.45) is 4.99 Å². The Labute approximate surface area is 141 Å². The number of anilines is 1. The van der Waals surface area contributed by atoms with Crippen molar-refractivity contribution in [3.63, 3.8) is 0 Å². The van der Waals surface area contributed by atoms with E-state index in [1.165, 1.54) is 11.8 Å². The third-order valence-electron chi connectivity index (χ3n) is 3.88. The van der Waals surface area contributed by atoms with Gasteiger partial charge >= 0.3 is 0 Å². The molecule has 6 heteroatoms. The summed E-state index contributed by atoms with van der Waals surface area (Å²) in [7, 11) is 0. The average Bonchev–Trinajstić information content (AvgIpc) is 2.79. The van der Waals surface area contributed by atoms with Crippen LogP contribution in [0.25, 0.3) is 0 Å². The zero-order valence-corrected chi connectivity index (χ0v) is 14.9. The molecule has 0 radical (unpaired) electrons. The smallest absolute Gasteiger partial charge is 0.242 e. The molecule has 0 bridgehead atoms. The number of amidine groups is 1. The molecular weight excluding hydrogens is 310 g/mol. The number of hydrogen-bond donors (Lipinski definition) is 1. The van der Waals surface area contributed by atoms with Crippen LogP contribution in [0.3, 0.4) is 0 Å². The Bertz CT molecular complexity index is 643. The minimum atomic E-state index is -0.384. The number of hydrogen-bond acceptors (Lipinski definition) is 4. The average molecular weight is 333 g/mol. The van der Waals surface area contributed by atoms with Crippen LogP contribution in [0.1, 0.15) is 31.4 Å². The molecule has 1 atom stereocenters. The summed E-state index contributed by atoms with van der Waals surface area (Å²) in [5, 5.41) is 3.26. The highest BCUT2D eigenvalue weighted by atomic mass is 32.2. The number of aliphatic imine (C=N–C) groups is 1. The quantitative estimate of drug-likeness (QED) is 0.901. The first-order chi connectivity index (χ1) is 11.0. The van der Waals surface area contributed by atoms with Gasteiger partial charge in [-0.2, -0.15) is 0 Å². The van der Waals surface area contributed by atoms with Crippen molar-refractivity contribution in [3.05, 3.63) is 29.3 Å². The topological polar surface area (TPSA) is 61.8 Å². The highest BCUT2D eigenvalue weighted by Gasteiger charge is 2.38. The molecule has 1 N–H and O–H groups in total. The van der Waals surface area contributed by atoms with E-state index in [-0.39, 0.29) is 23.5 Å². The van der Waals surface area contributed by atoms with Crippen molar-refractivity contribution in [2.45, 2.75) is 39.4 Å². The van der Waals surface area contributed by atoms with Gasteiger partial charge < -0.3 is 5.32 Å². The van der Waals surface area contributed by atoms with Gasteiger partial charge in [-0.25, -0.2) is 0 Å². The maximum absolute atomic E-state index is 12.4. The van der Waals surface area contributed by atoms with Gasteiger partial charge in [0.25, 0.3) is 0 Å². The Kier molecular flexibility index (Phi) is 5.82. The Morgan fingerprint density at radius 1 is 1.35 bits per heavy atom. The number of amides is 2. The van der Waals surface area contributed by atoms with Crippen molar-refractivity contribution >= 4 is 34.4 Å². The lowest BCUT2D eigenvalue weighted by molar-refractivity contribution is -0.128. The number of carbonyl (C=O) groups excluding carboxylic acids is 2. The van der Waals surface area contributed by atoms with Gasteiger partial charge in [0.1, 0.15) is 5.25 Å². The molecule has 1 fully saturated rings. The molecule has 1 aliphatic rings. The normalized spacial score (nSPS) is 19.5. The first kappa shape index (κ1) is 17.5. The number of carbonyl (C=O) groups is 2. The van der Waals surface area contributed by atoms with Crippen LogP contribution in [-0.2, 0) is 9.59 Å². The Hall–Kier alpha value is -1.82. The molecule has 0 saturated carbocycles. The highest BCUT2D eigenvalue weighted by Crippen LogP contribution is 2.30. The van der Waals surface area contributed by atoms with Gasteiger partial charge in [0.2, 0.25) is 11.8 Å². The Balaban J connectivity index is 2.04. The summed E-state index contributed by atoms with van der Waals surface area (Å²) in [5.74, 6) is -0.167. The van der Waals surface area contributed by atoms with Crippen molar-refractivity contribution in [1.29, 1.82) is 0 Å². The number of nitrogens with one attached hydrogen (secondary N) is 1. The van der Waals surface area contributed by atoms with E-state index in [1.54, 1.807) is 4.90 Å². The van der Waals surface area contributed by atoms with E-state index < -0.39 is 0 Å². The van der Waals surface area contributed by atoms with Crippen LogP contribution in [0.4, 0.5) is 5.69 Å². The minimum Gasteiger partial charge on any atom is -0.326 e. The number of aryl methyl sites for hydroxylation is 1. The molecule has 1 heterocycles. The molecule has 0 aromatic heterocycles. The van der Waals surface area contributed by atoms with Crippen LogP contribution >= 0.6 is 11.8 Å². The van der Waals surface area contributed by atoms with Crippen LogP contribution in [0.5, 0.6) is 0 Å². The van der Waals surface area contributed by atoms with Crippen LogP contribution in [0.2, 0.25) is 0 Å². The maximum Gasteiger partial charge on any atom is 0.242 e. The standard InChI is InChI=1S/C17H23N3O2S/c1-5-18-17-20(6-2)16(22)14(23-17)10-15(21)19-13-9-7-8-11(3)12(13)4/h7-9,14H,5-6,10H2,1-4H3,(H,19,21)/t14-/m1/s1. The summed E-state index contributed by atoms with van der Waals surface area (Å²) in [6.45, 7) is 9.06. The van der Waals surface area contributed by atoms with E-state index >= 15 is 0 Å². The molecule has 1 aromatic rings. The lowest BCUT2D eigenvalue weighted by Gasteiger charge is -2.13. The van der Waals surface area contributed by atoms with E-state index in [4.69, 9.17) is 0 Å². The van der Waals surface area contributed by atoms with Gasteiger partial charge in [0, 0.05) is 25.2 Å². The molecular formula is C17H23N3O2S. The first-order valence-corrected chi connectivity index (χ1v) is 8.74. The van der Waals surface area contributed by atoms with Crippen LogP contribution in [0, 0.1) is 13.8 Å². The fourth-order valence-electron chi connectivity index (χ4n) is 2.44. The van der Waals surface area contributed by atoms with E-state index in [2.05, 4.69) is 10.3 Å². The summed E-state index contributed by atoms with van der Waals surface area (Å²) in [6, 6.07) is 5.80. The zero-order valence-electron chi connectivity index (χ0n) is 14.0. The SMILES string of the molecule is CCN=C1S[C@H](CC(=O)Nc2cccc(C)c2C)C(=O)N1CC. The number of benzene rings is 1. The predicted molar refractivity (Wildman–Crippen MR) is 95.9 cm³/mol. The van der Waals surface area contributed by atoms with Gasteiger partial charge in [-0.1, -0.05) is 23.9 Å². The van der Waals surface area contributed by atoms with E-state index in [9.17, 15) is 9.59 Å². The van der Waals surface area contributed by atoms with E-state index in [0.717, 1.165) is 22.0 Å². The van der Waals surface area contributed by atoms with Gasteiger partial charge in [0.15, 0.2) is 5.17 Å². The molecule has 1 aromatic carbocycles. The molecule has 0 spiro atoms. The molecule has 124 valence electrons. The molecule has 5 nitrogen and oxygen atoms in total. The summed E-state index contributed by atoms with van der Waals surface area (Å²) >= 11 is 1.39. The largest absolute Gasteiger partial charge is 0.326 e. The highest BCUT2D eigenvalue weighted by molar-refractivity contribution is 8.15. The van der Waals surface area contributed by atoms with Gasteiger partial charge in [-0.15, -0.1) is 0 Å². The fraction of sp³-hybridized carbons (Fsp3) is 0.471. The van der Waals surface area contributed by atoms with Crippen molar-refractivity contribution < 1.29 is 9.59 Å². The predicted octanol–water partition coefficient (Wildman–Crippen LogP) is 2.97. The Morgan fingerprint density at radius 3 is 2.74 bits per heavy atom. The molecule has 1 aliphatic heterocycles. The molecule has 1 saturated heterocycles. The lowest BCUT2D eigenvalue weighted by Crippen LogP contribution is -2.33. The number of rotatable bonds is 5. The minimum absolute atomic E-state index is 0.0270. The van der Waals surface area contributed by atoms with Crippen LogP contribution < -0.4 is 5.32 Å². The van der Waals surface area contributed by atoms with Crippen LogP contribution in [-0.4, -0.2) is 40.2 Å². The van der Waals surface area contributed by atoms with E-state index in [0.29, 0.717) is 13.1 Å².